The molecule has 0 saturated heterocycles. The molecule has 1 amide bonds. The van der Waals surface area contributed by atoms with Crippen LogP contribution in [0.1, 0.15) is 17.3 Å². The van der Waals surface area contributed by atoms with Crippen molar-refractivity contribution < 1.29 is 17.8 Å². The Morgan fingerprint density at radius 1 is 1.41 bits per heavy atom. The molecule has 0 aromatic heterocycles. The number of hydrogen-bond acceptors (Lipinski definition) is 2. The van der Waals surface area contributed by atoms with Crippen molar-refractivity contribution in [3.05, 3.63) is 35.4 Å². The summed E-state index contributed by atoms with van der Waals surface area (Å²) in [6, 6.07) is 3.40. The summed E-state index contributed by atoms with van der Waals surface area (Å²) in [5.74, 6) is -2.12. The van der Waals surface area contributed by atoms with Crippen molar-refractivity contribution in [1.82, 2.24) is 5.32 Å². The molecule has 1 unspecified atom stereocenters. The highest BCUT2D eigenvalue weighted by molar-refractivity contribution is 7.84. The third-order valence-electron chi connectivity index (χ3n) is 2.13. The Morgan fingerprint density at radius 2 is 2.12 bits per heavy atom. The van der Waals surface area contributed by atoms with Gasteiger partial charge in [-0.1, -0.05) is 13.0 Å². The number of rotatable bonds is 5. The zero-order valence-electron chi connectivity index (χ0n) is 9.33. The molecule has 0 spiro atoms. The highest BCUT2D eigenvalue weighted by atomic mass is 32.2. The van der Waals surface area contributed by atoms with E-state index < -0.39 is 28.3 Å². The maximum atomic E-state index is 13.2. The summed E-state index contributed by atoms with van der Waals surface area (Å²) >= 11 is 0. The van der Waals surface area contributed by atoms with Crippen molar-refractivity contribution >= 4 is 16.7 Å². The number of nitrogens with one attached hydrogen (secondary N) is 1. The molecule has 1 rings (SSSR count). The lowest BCUT2D eigenvalue weighted by Crippen LogP contribution is -2.28. The van der Waals surface area contributed by atoms with Gasteiger partial charge in [0.25, 0.3) is 5.91 Å². The fraction of sp³-hybridized carbons (Fsp3) is 0.364. The summed E-state index contributed by atoms with van der Waals surface area (Å²) in [6.07, 6.45) is 0. The van der Waals surface area contributed by atoms with Gasteiger partial charge in [0.05, 0.1) is 5.56 Å². The lowest BCUT2D eigenvalue weighted by atomic mass is 10.2. The number of carbonyl (C=O) groups is 1. The van der Waals surface area contributed by atoms with Crippen LogP contribution in [0, 0.1) is 11.6 Å². The second-order valence-corrected chi connectivity index (χ2v) is 5.16. The monoisotopic (exact) mass is 261 g/mol. The van der Waals surface area contributed by atoms with E-state index in [1.54, 1.807) is 6.92 Å². The van der Waals surface area contributed by atoms with Crippen LogP contribution in [0.15, 0.2) is 18.2 Å². The number of hydrogen-bond donors (Lipinski definition) is 1. The van der Waals surface area contributed by atoms with Crippen molar-refractivity contribution in [2.75, 3.05) is 18.1 Å². The van der Waals surface area contributed by atoms with Crippen LogP contribution in [-0.4, -0.2) is 28.2 Å². The van der Waals surface area contributed by atoms with Crippen LogP contribution < -0.4 is 5.32 Å². The van der Waals surface area contributed by atoms with E-state index in [1.165, 1.54) is 12.1 Å². The first-order valence-corrected chi connectivity index (χ1v) is 6.62. The van der Waals surface area contributed by atoms with Crippen molar-refractivity contribution in [1.29, 1.82) is 0 Å². The molecular formula is C11H13F2NO2S. The van der Waals surface area contributed by atoms with E-state index in [4.69, 9.17) is 0 Å². The topological polar surface area (TPSA) is 46.2 Å². The largest absolute Gasteiger partial charge is 0.351 e. The molecule has 0 aliphatic rings. The Hall–Kier alpha value is -1.30. The number of benzene rings is 1. The Kier molecular flexibility index (Phi) is 5.21. The summed E-state index contributed by atoms with van der Waals surface area (Å²) in [5.41, 5.74) is -0.340. The first-order chi connectivity index (χ1) is 8.06. The molecule has 94 valence electrons. The Bertz CT molecular complexity index is 437. The minimum Gasteiger partial charge on any atom is -0.351 e. The SMILES string of the molecule is CCS(=O)CCNC(=O)c1cccc(F)c1F. The fourth-order valence-corrected chi connectivity index (χ4v) is 1.82. The van der Waals surface area contributed by atoms with Gasteiger partial charge < -0.3 is 5.32 Å². The van der Waals surface area contributed by atoms with Gasteiger partial charge in [-0.3, -0.25) is 9.00 Å². The van der Waals surface area contributed by atoms with E-state index in [1.807, 2.05) is 0 Å². The molecule has 1 N–H and O–H groups in total. The lowest BCUT2D eigenvalue weighted by Gasteiger charge is -2.05. The van der Waals surface area contributed by atoms with E-state index in [9.17, 15) is 17.8 Å². The number of halogens is 2. The zero-order chi connectivity index (χ0) is 12.8. The maximum Gasteiger partial charge on any atom is 0.254 e. The quantitative estimate of drug-likeness (QED) is 0.872. The Morgan fingerprint density at radius 3 is 2.76 bits per heavy atom. The van der Waals surface area contributed by atoms with E-state index in [0.29, 0.717) is 11.5 Å². The Labute approximate surface area is 101 Å². The van der Waals surface area contributed by atoms with Gasteiger partial charge in [-0.15, -0.1) is 0 Å². The molecule has 1 atom stereocenters. The summed E-state index contributed by atoms with van der Waals surface area (Å²) in [7, 11) is -0.992. The van der Waals surface area contributed by atoms with Crippen molar-refractivity contribution in [2.45, 2.75) is 6.92 Å². The van der Waals surface area contributed by atoms with E-state index in [2.05, 4.69) is 5.32 Å². The van der Waals surface area contributed by atoms with Gasteiger partial charge in [-0.25, -0.2) is 8.78 Å². The predicted octanol–water partition coefficient (Wildman–Crippen LogP) is 1.46. The van der Waals surface area contributed by atoms with Crippen LogP contribution in [0.25, 0.3) is 0 Å². The maximum absolute atomic E-state index is 13.2. The molecule has 0 heterocycles. The Balaban J connectivity index is 2.59. The van der Waals surface area contributed by atoms with Crippen LogP contribution in [0.2, 0.25) is 0 Å². The first kappa shape index (κ1) is 13.8. The minimum atomic E-state index is -1.17. The van der Waals surface area contributed by atoms with Gasteiger partial charge in [0, 0.05) is 28.9 Å². The van der Waals surface area contributed by atoms with E-state index in [0.717, 1.165) is 6.07 Å². The zero-order valence-corrected chi connectivity index (χ0v) is 10.2. The third kappa shape index (κ3) is 3.89. The van der Waals surface area contributed by atoms with Crippen molar-refractivity contribution in [3.8, 4) is 0 Å². The van der Waals surface area contributed by atoms with Crippen LogP contribution in [0.5, 0.6) is 0 Å². The van der Waals surface area contributed by atoms with Crippen LogP contribution in [0.3, 0.4) is 0 Å². The molecule has 0 fully saturated rings. The molecule has 3 nitrogen and oxygen atoms in total. The normalized spacial score (nSPS) is 12.2. The van der Waals surface area contributed by atoms with Crippen molar-refractivity contribution in [2.24, 2.45) is 0 Å². The average molecular weight is 261 g/mol. The highest BCUT2D eigenvalue weighted by Gasteiger charge is 2.14. The van der Waals surface area contributed by atoms with E-state index >= 15 is 0 Å². The van der Waals surface area contributed by atoms with Crippen molar-refractivity contribution in [3.63, 3.8) is 0 Å². The number of carbonyl (C=O) groups excluding carboxylic acids is 1. The molecule has 0 saturated carbocycles. The summed E-state index contributed by atoms with van der Waals surface area (Å²) in [5, 5.41) is 2.39. The van der Waals surface area contributed by atoms with E-state index in [-0.39, 0.29) is 12.1 Å². The molecule has 0 radical (unpaired) electrons. The van der Waals surface area contributed by atoms with Crippen LogP contribution in [0.4, 0.5) is 8.78 Å². The van der Waals surface area contributed by atoms with Gasteiger partial charge >= 0.3 is 0 Å². The predicted molar refractivity (Wildman–Crippen MR) is 62.2 cm³/mol. The highest BCUT2D eigenvalue weighted by Crippen LogP contribution is 2.10. The third-order valence-corrected chi connectivity index (χ3v) is 3.44. The molecule has 0 bridgehead atoms. The second-order valence-electron chi connectivity index (χ2n) is 3.29. The van der Waals surface area contributed by atoms with Gasteiger partial charge in [-0.2, -0.15) is 0 Å². The molecule has 6 heteroatoms. The lowest BCUT2D eigenvalue weighted by molar-refractivity contribution is 0.0951. The molecule has 0 aliphatic carbocycles. The minimum absolute atomic E-state index is 0.176. The molecule has 0 aliphatic heterocycles. The van der Waals surface area contributed by atoms with Gasteiger partial charge in [-0.05, 0) is 12.1 Å². The molecular weight excluding hydrogens is 248 g/mol. The number of amides is 1. The van der Waals surface area contributed by atoms with Crippen LogP contribution in [-0.2, 0) is 10.8 Å². The summed E-state index contributed by atoms with van der Waals surface area (Å²) in [4.78, 5) is 11.5. The summed E-state index contributed by atoms with van der Waals surface area (Å²) < 4.78 is 37.1. The standard InChI is InChI=1S/C11H13F2NO2S/c1-2-17(16)7-6-14-11(15)8-4-3-5-9(12)10(8)13/h3-5H,2,6-7H2,1H3,(H,14,15). The van der Waals surface area contributed by atoms with Gasteiger partial charge in [0.1, 0.15) is 0 Å². The van der Waals surface area contributed by atoms with Gasteiger partial charge in [0.15, 0.2) is 11.6 Å². The second kappa shape index (κ2) is 6.44. The fourth-order valence-electron chi connectivity index (χ4n) is 1.20. The average Bonchev–Trinajstić information content (AvgIpc) is 2.32. The summed E-state index contributed by atoms with van der Waals surface area (Å²) in [6.45, 7) is 1.94. The molecule has 1 aromatic carbocycles. The molecule has 17 heavy (non-hydrogen) atoms. The molecule has 1 aromatic rings. The first-order valence-electron chi connectivity index (χ1n) is 5.13. The van der Waals surface area contributed by atoms with Gasteiger partial charge in [0.2, 0.25) is 0 Å². The smallest absolute Gasteiger partial charge is 0.254 e. The van der Waals surface area contributed by atoms with Crippen LogP contribution >= 0.6 is 0 Å².